The zero-order valence-corrected chi connectivity index (χ0v) is 16.8. The Morgan fingerprint density at radius 1 is 1.10 bits per heavy atom. The van der Waals surface area contributed by atoms with Gasteiger partial charge in [0.2, 0.25) is 11.1 Å². The van der Waals surface area contributed by atoms with Crippen LogP contribution in [0.5, 0.6) is 0 Å². The number of rotatable bonds is 7. The van der Waals surface area contributed by atoms with Crippen LogP contribution in [0.25, 0.3) is 0 Å². The summed E-state index contributed by atoms with van der Waals surface area (Å²) in [4.78, 5) is 18.7. The maximum absolute atomic E-state index is 13.1. The van der Waals surface area contributed by atoms with Crippen molar-refractivity contribution in [3.05, 3.63) is 94.2 Å². The Morgan fingerprint density at radius 3 is 2.62 bits per heavy atom. The number of anilines is 1. The predicted octanol–water partition coefficient (Wildman–Crippen LogP) is 5.07. The fourth-order valence-electron chi connectivity index (χ4n) is 2.73. The van der Waals surface area contributed by atoms with Gasteiger partial charge in [0, 0.05) is 17.0 Å². The zero-order valence-electron chi connectivity index (χ0n) is 15.2. The van der Waals surface area contributed by atoms with Crippen molar-refractivity contribution in [3.63, 3.8) is 0 Å². The van der Waals surface area contributed by atoms with Crippen molar-refractivity contribution in [1.82, 2.24) is 15.2 Å². The van der Waals surface area contributed by atoms with Crippen LogP contribution < -0.4 is 5.32 Å². The smallest absolute Gasteiger partial charge is 0.242 e. The molecular formula is C21H17FN4OS2. The molecule has 5 nitrogen and oxygen atoms in total. The van der Waals surface area contributed by atoms with Gasteiger partial charge in [0.1, 0.15) is 16.9 Å². The van der Waals surface area contributed by atoms with Gasteiger partial charge in [0.15, 0.2) is 0 Å². The van der Waals surface area contributed by atoms with Crippen molar-refractivity contribution < 1.29 is 9.18 Å². The Labute approximate surface area is 175 Å². The van der Waals surface area contributed by atoms with E-state index in [2.05, 4.69) is 20.5 Å². The normalized spacial score (nSPS) is 11.9. The number of carbonyl (C=O) groups excluding carboxylic acids is 1. The number of thiophene rings is 1. The molecule has 0 radical (unpaired) electrons. The average Bonchev–Trinajstić information content (AvgIpc) is 3.41. The molecule has 1 amide bonds. The number of nitrogens with one attached hydrogen (secondary N) is 2. The molecule has 0 saturated heterocycles. The molecule has 2 heterocycles. The van der Waals surface area contributed by atoms with E-state index >= 15 is 0 Å². The summed E-state index contributed by atoms with van der Waals surface area (Å²) in [5.74, 6) is 0.175. The first-order valence-corrected chi connectivity index (χ1v) is 10.6. The fourth-order valence-corrected chi connectivity index (χ4v) is 4.38. The number of H-pyrrole nitrogens is 1. The summed E-state index contributed by atoms with van der Waals surface area (Å²) >= 11 is 2.93. The number of carbonyl (C=O) groups is 1. The number of aromatic nitrogens is 3. The van der Waals surface area contributed by atoms with E-state index in [9.17, 15) is 9.18 Å². The molecule has 0 aliphatic heterocycles. The molecule has 1 atom stereocenters. The van der Waals surface area contributed by atoms with Gasteiger partial charge in [0.05, 0.1) is 0 Å². The third-order valence-electron chi connectivity index (χ3n) is 4.11. The summed E-state index contributed by atoms with van der Waals surface area (Å²) in [5.41, 5.74) is 1.37. The number of halogens is 1. The molecule has 0 aliphatic rings. The summed E-state index contributed by atoms with van der Waals surface area (Å²) in [6.07, 6.45) is 0.670. The van der Waals surface area contributed by atoms with E-state index in [1.54, 1.807) is 11.3 Å². The van der Waals surface area contributed by atoms with Crippen LogP contribution in [0.2, 0.25) is 0 Å². The van der Waals surface area contributed by atoms with E-state index in [4.69, 9.17) is 0 Å². The highest BCUT2D eigenvalue weighted by atomic mass is 32.2. The first kappa shape index (κ1) is 19.4. The lowest BCUT2D eigenvalue weighted by Crippen LogP contribution is -2.19. The van der Waals surface area contributed by atoms with E-state index < -0.39 is 5.25 Å². The van der Waals surface area contributed by atoms with Crippen molar-refractivity contribution in [3.8, 4) is 0 Å². The average molecular weight is 425 g/mol. The highest BCUT2D eigenvalue weighted by Gasteiger charge is 2.24. The molecule has 0 fully saturated rings. The van der Waals surface area contributed by atoms with Gasteiger partial charge in [-0.05, 0) is 41.3 Å². The van der Waals surface area contributed by atoms with Crippen LogP contribution >= 0.6 is 23.1 Å². The zero-order chi connectivity index (χ0) is 20.1. The number of aromatic amines is 1. The second-order valence-corrected chi connectivity index (χ2v) is 8.33. The quantitative estimate of drug-likeness (QED) is 0.407. The van der Waals surface area contributed by atoms with Gasteiger partial charge >= 0.3 is 0 Å². The summed E-state index contributed by atoms with van der Waals surface area (Å²) in [6.45, 7) is 0. The molecule has 0 saturated carbocycles. The minimum absolute atomic E-state index is 0.225. The number of thioether (sulfide) groups is 1. The minimum atomic E-state index is -0.549. The van der Waals surface area contributed by atoms with Crippen LogP contribution in [0, 0.1) is 5.82 Å². The first-order chi connectivity index (χ1) is 14.2. The molecule has 2 aromatic carbocycles. The SMILES string of the molecule is O=C(Nc1ccc(F)cc1)C(Sc1n[nH]c(Cc2cccs2)n1)c1ccccc1. The van der Waals surface area contributed by atoms with E-state index in [0.717, 1.165) is 11.4 Å². The van der Waals surface area contributed by atoms with Crippen molar-refractivity contribution >= 4 is 34.7 Å². The topological polar surface area (TPSA) is 70.7 Å². The van der Waals surface area contributed by atoms with E-state index in [1.807, 2.05) is 47.8 Å². The van der Waals surface area contributed by atoms with Crippen LogP contribution in [0.3, 0.4) is 0 Å². The molecular weight excluding hydrogens is 407 g/mol. The second kappa shape index (κ2) is 9.02. The molecule has 2 N–H and O–H groups in total. The molecule has 29 heavy (non-hydrogen) atoms. The van der Waals surface area contributed by atoms with Gasteiger partial charge in [-0.3, -0.25) is 9.89 Å². The van der Waals surface area contributed by atoms with Crippen LogP contribution in [0.4, 0.5) is 10.1 Å². The van der Waals surface area contributed by atoms with Gasteiger partial charge < -0.3 is 5.32 Å². The molecule has 1 unspecified atom stereocenters. The predicted molar refractivity (Wildman–Crippen MR) is 114 cm³/mol. The highest BCUT2D eigenvalue weighted by Crippen LogP contribution is 2.34. The van der Waals surface area contributed by atoms with E-state index in [0.29, 0.717) is 17.3 Å². The summed E-state index contributed by atoms with van der Waals surface area (Å²) in [6, 6.07) is 19.2. The minimum Gasteiger partial charge on any atom is -0.325 e. The Kier molecular flexibility index (Phi) is 6.02. The van der Waals surface area contributed by atoms with Crippen LogP contribution in [0.15, 0.2) is 77.3 Å². The number of amides is 1. The third kappa shape index (κ3) is 5.10. The van der Waals surface area contributed by atoms with Crippen LogP contribution in [0.1, 0.15) is 21.5 Å². The molecule has 0 spiro atoms. The van der Waals surface area contributed by atoms with Crippen LogP contribution in [-0.2, 0) is 11.2 Å². The Morgan fingerprint density at radius 2 is 1.90 bits per heavy atom. The lowest BCUT2D eigenvalue weighted by Gasteiger charge is -2.15. The van der Waals surface area contributed by atoms with Crippen molar-refractivity contribution in [2.24, 2.45) is 0 Å². The number of hydrogen-bond acceptors (Lipinski definition) is 5. The standard InChI is InChI=1S/C21H17FN4OS2/c22-15-8-10-16(11-9-15)23-20(27)19(14-5-2-1-3-6-14)29-21-24-18(25-26-21)13-17-7-4-12-28-17/h1-12,19H,13H2,(H,23,27)(H,24,25,26). The van der Waals surface area contributed by atoms with Crippen molar-refractivity contribution in [2.75, 3.05) is 5.32 Å². The molecule has 0 bridgehead atoms. The summed E-state index contributed by atoms with van der Waals surface area (Å²) < 4.78 is 13.1. The number of hydrogen-bond donors (Lipinski definition) is 2. The maximum Gasteiger partial charge on any atom is 0.242 e. The Balaban J connectivity index is 1.52. The fraction of sp³-hybridized carbons (Fsp3) is 0.0952. The Hall–Kier alpha value is -2.97. The Bertz CT molecular complexity index is 1070. The summed E-state index contributed by atoms with van der Waals surface area (Å²) in [7, 11) is 0. The number of benzene rings is 2. The van der Waals surface area contributed by atoms with Gasteiger partial charge in [-0.25, -0.2) is 9.37 Å². The molecule has 2 aromatic heterocycles. The van der Waals surface area contributed by atoms with Gasteiger partial charge in [-0.2, -0.15) is 0 Å². The maximum atomic E-state index is 13.1. The molecule has 146 valence electrons. The van der Waals surface area contributed by atoms with Gasteiger partial charge in [0.25, 0.3) is 0 Å². The third-order valence-corrected chi connectivity index (χ3v) is 6.10. The molecule has 8 heteroatoms. The number of nitrogens with zero attached hydrogens (tertiary/aromatic N) is 2. The van der Waals surface area contributed by atoms with Gasteiger partial charge in [-0.15, -0.1) is 16.4 Å². The largest absolute Gasteiger partial charge is 0.325 e. The van der Waals surface area contributed by atoms with Crippen molar-refractivity contribution in [1.29, 1.82) is 0 Å². The van der Waals surface area contributed by atoms with Gasteiger partial charge in [-0.1, -0.05) is 48.2 Å². The second-order valence-electron chi connectivity index (χ2n) is 6.23. The molecule has 4 rings (SSSR count). The van der Waals surface area contributed by atoms with E-state index in [-0.39, 0.29) is 11.7 Å². The first-order valence-electron chi connectivity index (χ1n) is 8.89. The molecule has 4 aromatic rings. The monoisotopic (exact) mass is 424 g/mol. The lowest BCUT2D eigenvalue weighted by molar-refractivity contribution is -0.115. The molecule has 0 aliphatic carbocycles. The highest BCUT2D eigenvalue weighted by molar-refractivity contribution is 8.00. The summed E-state index contributed by atoms with van der Waals surface area (Å²) in [5, 5.41) is 12.0. The van der Waals surface area contributed by atoms with Crippen LogP contribution in [-0.4, -0.2) is 21.1 Å². The lowest BCUT2D eigenvalue weighted by atomic mass is 10.1. The van der Waals surface area contributed by atoms with E-state index in [1.165, 1.54) is 40.9 Å². The van der Waals surface area contributed by atoms with Crippen molar-refractivity contribution in [2.45, 2.75) is 16.8 Å².